The van der Waals surface area contributed by atoms with Crippen LogP contribution in [0, 0.1) is 12.8 Å². The van der Waals surface area contributed by atoms with Crippen molar-refractivity contribution in [3.8, 4) is 0 Å². The summed E-state index contributed by atoms with van der Waals surface area (Å²) in [6.45, 7) is 6.56. The molecule has 1 rings (SSSR count). The summed E-state index contributed by atoms with van der Waals surface area (Å²) in [6.07, 6.45) is 0. The van der Waals surface area contributed by atoms with E-state index >= 15 is 0 Å². The van der Waals surface area contributed by atoms with Gasteiger partial charge in [0.25, 0.3) is 5.91 Å². The third kappa shape index (κ3) is 4.91. The van der Waals surface area contributed by atoms with Crippen LogP contribution in [0.5, 0.6) is 0 Å². The summed E-state index contributed by atoms with van der Waals surface area (Å²) in [6, 6.07) is 5.58. The molecule has 0 aliphatic rings. The average molecular weight is 277 g/mol. The highest BCUT2D eigenvalue weighted by atomic mass is 16.2. The Kier molecular flexibility index (Phi) is 6.03. The molecule has 0 saturated carbocycles. The molecule has 2 amide bonds. The highest BCUT2D eigenvalue weighted by Crippen LogP contribution is 2.16. The average Bonchev–Trinajstić information content (AvgIpc) is 2.42. The number of nitrogens with one attached hydrogen (secondary N) is 3. The number of anilines is 1. The van der Waals surface area contributed by atoms with E-state index < -0.39 is 0 Å². The van der Waals surface area contributed by atoms with Gasteiger partial charge in [0, 0.05) is 19.3 Å². The third-order valence-electron chi connectivity index (χ3n) is 2.81. The van der Waals surface area contributed by atoms with Gasteiger partial charge in [-0.3, -0.25) is 9.59 Å². The fraction of sp³-hybridized carbons (Fsp3) is 0.467. The van der Waals surface area contributed by atoms with Crippen molar-refractivity contribution in [2.45, 2.75) is 20.8 Å². The zero-order valence-electron chi connectivity index (χ0n) is 12.5. The van der Waals surface area contributed by atoms with Crippen LogP contribution in [-0.2, 0) is 4.79 Å². The first-order chi connectivity index (χ1) is 9.43. The number of hydrogen-bond acceptors (Lipinski definition) is 3. The van der Waals surface area contributed by atoms with Crippen LogP contribution in [0.2, 0.25) is 0 Å². The highest BCUT2D eigenvalue weighted by molar-refractivity contribution is 6.01. The normalized spacial score (nSPS) is 10.2. The van der Waals surface area contributed by atoms with Crippen molar-refractivity contribution in [3.05, 3.63) is 29.3 Å². The molecule has 3 N–H and O–H groups in total. The summed E-state index contributed by atoms with van der Waals surface area (Å²) in [5.41, 5.74) is 2.29. The predicted octanol–water partition coefficient (Wildman–Crippen LogP) is 1.54. The number of carbonyl (C=O) groups excluding carboxylic acids is 2. The van der Waals surface area contributed by atoms with E-state index in [4.69, 9.17) is 0 Å². The van der Waals surface area contributed by atoms with E-state index in [-0.39, 0.29) is 18.4 Å². The lowest BCUT2D eigenvalue weighted by molar-refractivity contribution is -0.120. The van der Waals surface area contributed by atoms with Crippen LogP contribution >= 0.6 is 0 Å². The largest absolute Gasteiger partial charge is 0.387 e. The Bertz CT molecular complexity index is 484. The maximum Gasteiger partial charge on any atom is 0.253 e. The molecule has 1 aromatic rings. The quantitative estimate of drug-likeness (QED) is 0.738. The molecule has 0 aliphatic heterocycles. The Morgan fingerprint density at radius 3 is 2.50 bits per heavy atom. The summed E-state index contributed by atoms with van der Waals surface area (Å²) in [5.74, 6) is -0.0363. The van der Waals surface area contributed by atoms with Crippen molar-refractivity contribution in [1.82, 2.24) is 10.6 Å². The van der Waals surface area contributed by atoms with Gasteiger partial charge in [0.05, 0.1) is 12.1 Å². The molecule has 110 valence electrons. The summed E-state index contributed by atoms with van der Waals surface area (Å²) in [7, 11) is 1.76. The molecular weight excluding hydrogens is 254 g/mol. The maximum atomic E-state index is 12.1. The lowest BCUT2D eigenvalue weighted by Gasteiger charge is -2.11. The van der Waals surface area contributed by atoms with E-state index in [1.807, 2.05) is 32.9 Å². The lowest BCUT2D eigenvalue weighted by Crippen LogP contribution is -2.38. The molecule has 0 aromatic heterocycles. The van der Waals surface area contributed by atoms with Gasteiger partial charge in [0.2, 0.25) is 5.91 Å². The molecule has 0 saturated heterocycles. The van der Waals surface area contributed by atoms with Crippen molar-refractivity contribution in [3.63, 3.8) is 0 Å². The monoisotopic (exact) mass is 277 g/mol. The summed E-state index contributed by atoms with van der Waals surface area (Å²) in [4.78, 5) is 23.7. The maximum absolute atomic E-state index is 12.1. The van der Waals surface area contributed by atoms with Gasteiger partial charge in [0.15, 0.2) is 0 Å². The fourth-order valence-corrected chi connectivity index (χ4v) is 1.70. The van der Waals surface area contributed by atoms with Crippen LogP contribution < -0.4 is 16.0 Å². The second kappa shape index (κ2) is 7.53. The van der Waals surface area contributed by atoms with Crippen LogP contribution in [0.1, 0.15) is 29.8 Å². The molecule has 0 atom stereocenters. The molecule has 0 heterocycles. The molecule has 0 unspecified atom stereocenters. The van der Waals surface area contributed by atoms with Crippen molar-refractivity contribution >= 4 is 17.5 Å². The van der Waals surface area contributed by atoms with Gasteiger partial charge >= 0.3 is 0 Å². The smallest absolute Gasteiger partial charge is 0.253 e. The Morgan fingerprint density at radius 2 is 1.90 bits per heavy atom. The van der Waals surface area contributed by atoms with Crippen LogP contribution in [0.25, 0.3) is 0 Å². The number of rotatable bonds is 6. The van der Waals surface area contributed by atoms with Gasteiger partial charge in [-0.1, -0.05) is 25.5 Å². The third-order valence-corrected chi connectivity index (χ3v) is 2.81. The van der Waals surface area contributed by atoms with E-state index in [0.29, 0.717) is 18.0 Å². The van der Waals surface area contributed by atoms with E-state index in [1.165, 1.54) is 0 Å². The zero-order valence-corrected chi connectivity index (χ0v) is 12.5. The molecule has 0 aliphatic carbocycles. The molecule has 0 spiro atoms. The van der Waals surface area contributed by atoms with Gasteiger partial charge in [-0.2, -0.15) is 0 Å². The minimum absolute atomic E-state index is 0.0113. The van der Waals surface area contributed by atoms with E-state index in [2.05, 4.69) is 16.0 Å². The van der Waals surface area contributed by atoms with Crippen LogP contribution in [-0.4, -0.2) is 32.0 Å². The first-order valence-electron chi connectivity index (χ1n) is 6.77. The van der Waals surface area contributed by atoms with Gasteiger partial charge in [-0.15, -0.1) is 0 Å². The molecule has 5 nitrogen and oxygen atoms in total. The zero-order chi connectivity index (χ0) is 15.1. The number of carbonyl (C=O) groups is 2. The number of amides is 2. The van der Waals surface area contributed by atoms with Crippen LogP contribution in [0.4, 0.5) is 5.69 Å². The van der Waals surface area contributed by atoms with Crippen molar-refractivity contribution in [2.24, 2.45) is 5.92 Å². The highest BCUT2D eigenvalue weighted by Gasteiger charge is 2.12. The Hall–Kier alpha value is -2.04. The number of benzene rings is 1. The topological polar surface area (TPSA) is 70.2 Å². The van der Waals surface area contributed by atoms with Gasteiger partial charge in [0.1, 0.15) is 0 Å². The SMILES string of the molecule is CNc1ccc(C)cc1C(=O)NCC(=O)NCC(C)C. The molecule has 1 aromatic carbocycles. The lowest BCUT2D eigenvalue weighted by atomic mass is 10.1. The fourth-order valence-electron chi connectivity index (χ4n) is 1.70. The van der Waals surface area contributed by atoms with Crippen LogP contribution in [0.15, 0.2) is 18.2 Å². The molecular formula is C15H23N3O2. The summed E-state index contributed by atoms with van der Waals surface area (Å²) in [5, 5.41) is 8.36. The Balaban J connectivity index is 2.59. The molecule has 0 fully saturated rings. The molecule has 0 bridgehead atoms. The number of hydrogen-bond donors (Lipinski definition) is 3. The second-order valence-corrected chi connectivity index (χ2v) is 5.18. The first kappa shape index (κ1) is 16.0. The minimum Gasteiger partial charge on any atom is -0.387 e. The van der Waals surface area contributed by atoms with E-state index in [1.54, 1.807) is 13.1 Å². The van der Waals surface area contributed by atoms with E-state index in [0.717, 1.165) is 11.3 Å². The Labute approximate surface area is 120 Å². The molecule has 5 heteroatoms. The summed E-state index contributed by atoms with van der Waals surface area (Å²) >= 11 is 0. The van der Waals surface area contributed by atoms with Gasteiger partial charge in [-0.05, 0) is 25.0 Å². The second-order valence-electron chi connectivity index (χ2n) is 5.18. The number of aryl methyl sites for hydroxylation is 1. The van der Waals surface area contributed by atoms with Gasteiger partial charge in [-0.25, -0.2) is 0 Å². The predicted molar refractivity (Wildman–Crippen MR) is 80.9 cm³/mol. The Morgan fingerprint density at radius 1 is 1.20 bits per heavy atom. The molecule has 20 heavy (non-hydrogen) atoms. The standard InChI is InChI=1S/C15H23N3O2/c1-10(2)8-17-14(19)9-18-15(20)12-7-11(3)5-6-13(12)16-4/h5-7,10,16H,8-9H2,1-4H3,(H,17,19)(H,18,20). The first-order valence-corrected chi connectivity index (χ1v) is 6.77. The van der Waals surface area contributed by atoms with Crippen molar-refractivity contribution in [1.29, 1.82) is 0 Å². The molecule has 0 radical (unpaired) electrons. The van der Waals surface area contributed by atoms with E-state index in [9.17, 15) is 9.59 Å². The minimum atomic E-state index is -0.252. The van der Waals surface area contributed by atoms with Crippen molar-refractivity contribution < 1.29 is 9.59 Å². The van der Waals surface area contributed by atoms with Crippen LogP contribution in [0.3, 0.4) is 0 Å². The van der Waals surface area contributed by atoms with Crippen molar-refractivity contribution in [2.75, 3.05) is 25.5 Å². The summed E-state index contributed by atoms with van der Waals surface area (Å²) < 4.78 is 0. The van der Waals surface area contributed by atoms with Gasteiger partial charge < -0.3 is 16.0 Å².